The zero-order valence-corrected chi connectivity index (χ0v) is 15.7. The highest BCUT2D eigenvalue weighted by atomic mass is 19.4. The van der Waals surface area contributed by atoms with E-state index in [0.29, 0.717) is 37.9 Å². The number of anilines is 1. The van der Waals surface area contributed by atoms with E-state index in [-0.39, 0.29) is 30.3 Å². The summed E-state index contributed by atoms with van der Waals surface area (Å²) in [5.74, 6) is -0.491. The first-order valence-electron chi connectivity index (χ1n) is 9.17. The molecule has 1 aliphatic rings. The number of hydrogen-bond donors (Lipinski definition) is 2. The van der Waals surface area contributed by atoms with Gasteiger partial charge in [-0.2, -0.15) is 0 Å². The maximum Gasteiger partial charge on any atom is 0.573 e. The molecule has 1 amide bonds. The molecular weight excluding hydrogens is 363 g/mol. The highest BCUT2D eigenvalue weighted by Crippen LogP contribution is 2.30. The summed E-state index contributed by atoms with van der Waals surface area (Å²) in [6.45, 7) is 4.36. The summed E-state index contributed by atoms with van der Waals surface area (Å²) >= 11 is 0. The van der Waals surface area contributed by atoms with E-state index < -0.39 is 6.36 Å². The lowest BCUT2D eigenvalue weighted by Crippen LogP contribution is -2.39. The van der Waals surface area contributed by atoms with E-state index in [1.165, 1.54) is 24.3 Å². The number of carbonyl (C=O) groups is 1. The number of carbonyl (C=O) groups excluding carboxylic acids is 1. The second-order valence-electron chi connectivity index (χ2n) is 6.35. The lowest BCUT2D eigenvalue weighted by molar-refractivity contribution is -0.274. The van der Waals surface area contributed by atoms with E-state index >= 15 is 0 Å². The van der Waals surface area contributed by atoms with Crippen LogP contribution in [-0.4, -0.2) is 41.7 Å². The quantitative estimate of drug-likeness (QED) is 0.799. The van der Waals surface area contributed by atoms with Gasteiger partial charge in [0.1, 0.15) is 5.75 Å². The SMILES string of the molecule is CCCN(C(=O)C1CCC(O)CC1)c1ccc(OC(F)(F)F)cc1.CCO. The van der Waals surface area contributed by atoms with Gasteiger partial charge in [0.25, 0.3) is 0 Å². The zero-order valence-electron chi connectivity index (χ0n) is 15.7. The van der Waals surface area contributed by atoms with E-state index in [4.69, 9.17) is 5.11 Å². The van der Waals surface area contributed by atoms with Crippen molar-refractivity contribution in [2.45, 2.75) is 58.4 Å². The van der Waals surface area contributed by atoms with E-state index in [9.17, 15) is 23.1 Å². The molecule has 0 unspecified atom stereocenters. The highest BCUT2D eigenvalue weighted by Gasteiger charge is 2.32. The Morgan fingerprint density at radius 1 is 1.15 bits per heavy atom. The summed E-state index contributed by atoms with van der Waals surface area (Å²) in [4.78, 5) is 14.4. The van der Waals surface area contributed by atoms with Gasteiger partial charge in [-0.1, -0.05) is 6.92 Å². The molecule has 0 aromatic heterocycles. The Hall–Kier alpha value is -1.80. The third-order valence-corrected chi connectivity index (χ3v) is 4.14. The van der Waals surface area contributed by atoms with Crippen molar-refractivity contribution in [2.24, 2.45) is 5.92 Å². The third-order valence-electron chi connectivity index (χ3n) is 4.14. The molecule has 0 bridgehead atoms. The second-order valence-corrected chi connectivity index (χ2v) is 6.35. The second kappa shape index (κ2) is 11.1. The highest BCUT2D eigenvalue weighted by molar-refractivity contribution is 5.95. The summed E-state index contributed by atoms with van der Waals surface area (Å²) in [7, 11) is 0. The number of ether oxygens (including phenoxy) is 1. The minimum absolute atomic E-state index is 0.0340. The van der Waals surface area contributed by atoms with Crippen molar-refractivity contribution in [1.82, 2.24) is 0 Å². The number of amides is 1. The van der Waals surface area contributed by atoms with Gasteiger partial charge in [-0.25, -0.2) is 0 Å². The number of nitrogens with zero attached hydrogens (tertiary/aromatic N) is 1. The van der Waals surface area contributed by atoms with E-state index in [2.05, 4.69) is 4.74 Å². The van der Waals surface area contributed by atoms with Gasteiger partial charge in [0.05, 0.1) is 6.10 Å². The molecule has 1 aliphatic carbocycles. The summed E-state index contributed by atoms with van der Waals surface area (Å²) in [5.41, 5.74) is 0.558. The number of hydrogen-bond acceptors (Lipinski definition) is 4. The topological polar surface area (TPSA) is 70.0 Å². The molecule has 0 radical (unpaired) electrons. The first kappa shape index (κ1) is 23.2. The van der Waals surface area contributed by atoms with Crippen LogP contribution in [0.3, 0.4) is 0 Å². The molecule has 0 aliphatic heterocycles. The fourth-order valence-corrected chi connectivity index (χ4v) is 2.96. The minimum Gasteiger partial charge on any atom is -0.406 e. The Morgan fingerprint density at radius 3 is 2.11 bits per heavy atom. The van der Waals surface area contributed by atoms with Gasteiger partial charge in [0.2, 0.25) is 5.91 Å². The van der Waals surface area contributed by atoms with Crippen LogP contribution >= 0.6 is 0 Å². The van der Waals surface area contributed by atoms with Gasteiger partial charge < -0.3 is 19.8 Å². The lowest BCUT2D eigenvalue weighted by atomic mass is 9.86. The summed E-state index contributed by atoms with van der Waals surface area (Å²) < 4.78 is 40.5. The fraction of sp³-hybridized carbons (Fsp3) is 0.632. The van der Waals surface area contributed by atoms with Crippen LogP contribution in [0, 0.1) is 5.92 Å². The first-order valence-corrected chi connectivity index (χ1v) is 9.17. The van der Waals surface area contributed by atoms with Crippen LogP contribution in [0.25, 0.3) is 0 Å². The van der Waals surface area contributed by atoms with Crippen LogP contribution in [0.2, 0.25) is 0 Å². The Bertz CT molecular complexity index is 555. The number of rotatable bonds is 5. The van der Waals surface area contributed by atoms with Crippen molar-refractivity contribution in [3.05, 3.63) is 24.3 Å². The fourth-order valence-electron chi connectivity index (χ4n) is 2.96. The summed E-state index contributed by atoms with van der Waals surface area (Å²) in [6.07, 6.45) is -1.85. The number of aliphatic hydroxyl groups is 2. The molecule has 1 aromatic rings. The smallest absolute Gasteiger partial charge is 0.406 e. The molecule has 0 saturated heterocycles. The maximum absolute atomic E-state index is 12.7. The third kappa shape index (κ3) is 8.17. The monoisotopic (exact) mass is 391 g/mol. The van der Waals surface area contributed by atoms with Crippen molar-refractivity contribution in [1.29, 1.82) is 0 Å². The number of benzene rings is 1. The predicted molar refractivity (Wildman–Crippen MR) is 96.5 cm³/mol. The van der Waals surface area contributed by atoms with Crippen molar-refractivity contribution < 1.29 is 32.9 Å². The molecule has 0 heterocycles. The van der Waals surface area contributed by atoms with E-state index in [1.54, 1.807) is 11.8 Å². The molecule has 154 valence electrons. The van der Waals surface area contributed by atoms with Gasteiger partial charge >= 0.3 is 6.36 Å². The van der Waals surface area contributed by atoms with Gasteiger partial charge in [-0.15, -0.1) is 13.2 Å². The largest absolute Gasteiger partial charge is 0.573 e. The van der Waals surface area contributed by atoms with Crippen LogP contribution in [0.15, 0.2) is 24.3 Å². The van der Waals surface area contributed by atoms with E-state index in [0.717, 1.165) is 6.42 Å². The Labute approximate surface area is 157 Å². The van der Waals surface area contributed by atoms with Crippen LogP contribution < -0.4 is 9.64 Å². The molecule has 2 N–H and O–H groups in total. The number of halogens is 3. The van der Waals surface area contributed by atoms with Gasteiger partial charge in [0.15, 0.2) is 0 Å². The van der Waals surface area contributed by atoms with Crippen LogP contribution in [0.1, 0.15) is 46.0 Å². The van der Waals surface area contributed by atoms with Crippen LogP contribution in [0.5, 0.6) is 5.75 Å². The zero-order chi connectivity index (χ0) is 20.4. The standard InChI is InChI=1S/C17H22F3NO3.C2H6O/c1-2-11-21(16(23)12-3-7-14(22)8-4-12)13-5-9-15(10-6-13)24-17(18,19)20;1-2-3/h5-6,9-10,12,14,22H,2-4,7-8,11H2,1H3;3H,2H2,1H3. The molecule has 2 rings (SSSR count). The molecular formula is C19H28F3NO4. The van der Waals surface area contributed by atoms with Crippen molar-refractivity contribution in [2.75, 3.05) is 18.1 Å². The minimum atomic E-state index is -4.73. The maximum atomic E-state index is 12.7. The predicted octanol–water partition coefficient (Wildman–Crippen LogP) is 3.88. The normalized spacial score (nSPS) is 19.7. The lowest BCUT2D eigenvalue weighted by Gasteiger charge is -2.30. The van der Waals surface area contributed by atoms with Crippen molar-refractivity contribution in [3.63, 3.8) is 0 Å². The molecule has 0 spiro atoms. The van der Waals surface area contributed by atoms with Crippen molar-refractivity contribution >= 4 is 11.6 Å². The molecule has 5 nitrogen and oxygen atoms in total. The van der Waals surface area contributed by atoms with Gasteiger partial charge in [0, 0.05) is 24.8 Å². The van der Waals surface area contributed by atoms with Crippen LogP contribution in [-0.2, 0) is 4.79 Å². The van der Waals surface area contributed by atoms with Crippen molar-refractivity contribution in [3.8, 4) is 5.75 Å². The molecule has 1 saturated carbocycles. The summed E-state index contributed by atoms with van der Waals surface area (Å²) in [6, 6.07) is 5.35. The molecule has 27 heavy (non-hydrogen) atoms. The van der Waals surface area contributed by atoms with Gasteiger partial charge in [-0.3, -0.25) is 4.79 Å². The van der Waals surface area contributed by atoms with Crippen LogP contribution in [0.4, 0.5) is 18.9 Å². The Morgan fingerprint density at radius 2 is 1.67 bits per heavy atom. The molecule has 1 fully saturated rings. The number of aliphatic hydroxyl groups excluding tert-OH is 2. The average molecular weight is 391 g/mol. The van der Waals surface area contributed by atoms with E-state index in [1.807, 2.05) is 6.92 Å². The Kier molecular flexibility index (Phi) is 9.59. The molecule has 0 atom stereocenters. The molecule has 8 heteroatoms. The number of alkyl halides is 3. The Balaban J connectivity index is 0.00000114. The average Bonchev–Trinajstić information content (AvgIpc) is 2.60. The summed E-state index contributed by atoms with van der Waals surface area (Å²) in [5, 5.41) is 17.1. The first-order chi connectivity index (χ1) is 12.7. The molecule has 1 aromatic carbocycles. The van der Waals surface area contributed by atoms with Gasteiger partial charge in [-0.05, 0) is 63.3 Å².